The summed E-state index contributed by atoms with van der Waals surface area (Å²) in [7, 11) is 1.24. The van der Waals surface area contributed by atoms with Gasteiger partial charge in [0, 0.05) is 6.42 Å². The normalized spacial score (nSPS) is 14.5. The molecule has 342 valence electrons. The predicted octanol–water partition coefficient (Wildman–Crippen LogP) is 13.2. The molecule has 0 aliphatic rings. The Balaban J connectivity index is 4.42. The molecule has 0 heterocycles. The maximum Gasteiger partial charge on any atom is 0.268 e. The Morgan fingerprint density at radius 3 is 1.40 bits per heavy atom. The summed E-state index contributed by atoms with van der Waals surface area (Å²) in [4.78, 5) is 25.4. The number of likely N-dealkylation sites (N-methyl/N-ethyl adjacent to an activating group) is 1. The largest absolute Gasteiger partial charge is 0.756 e. The number of unbranched alkanes of at least 4 members (excludes halogenated alkanes) is 27. The minimum atomic E-state index is -4.60. The summed E-state index contributed by atoms with van der Waals surface area (Å²) in [6, 6.07) is -0.906. The van der Waals surface area contributed by atoms with Crippen LogP contribution in [0.5, 0.6) is 0 Å². The zero-order valence-corrected chi connectivity index (χ0v) is 39.6. The Bertz CT molecular complexity index is 1040. The number of amides is 1. The monoisotopic (exact) mass is 839 g/mol. The van der Waals surface area contributed by atoms with Crippen LogP contribution in [0.3, 0.4) is 0 Å². The molecule has 0 aliphatic carbocycles. The molecule has 0 aliphatic heterocycles. The number of nitrogens with zero attached hydrogens (tertiary/aromatic N) is 1. The van der Waals surface area contributed by atoms with Crippen LogP contribution >= 0.6 is 7.82 Å². The highest BCUT2D eigenvalue weighted by molar-refractivity contribution is 7.45. The summed E-state index contributed by atoms with van der Waals surface area (Å²) in [5.41, 5.74) is 0. The molecule has 9 heteroatoms. The van der Waals surface area contributed by atoms with E-state index in [0.717, 1.165) is 44.9 Å². The fraction of sp³-hybridized carbons (Fsp3) is 0.857. The Kier molecular flexibility index (Phi) is 40.2. The Labute approximate surface area is 359 Å². The number of carbonyl (C=O) groups is 1. The molecular weight excluding hydrogens is 744 g/mol. The minimum absolute atomic E-state index is 0.00771. The molecular formula is C49H95N2O6P. The predicted molar refractivity (Wildman–Crippen MR) is 247 cm³/mol. The van der Waals surface area contributed by atoms with Gasteiger partial charge in [-0.05, 0) is 44.9 Å². The fourth-order valence-electron chi connectivity index (χ4n) is 6.95. The number of nitrogens with one attached hydrogen (secondary N) is 1. The first-order valence-corrected chi connectivity index (χ1v) is 25.8. The van der Waals surface area contributed by atoms with E-state index < -0.39 is 26.6 Å². The van der Waals surface area contributed by atoms with E-state index in [0.29, 0.717) is 17.4 Å². The molecule has 0 rings (SSSR count). The van der Waals surface area contributed by atoms with Crippen LogP contribution in [-0.2, 0) is 18.4 Å². The molecule has 0 aromatic carbocycles. The molecule has 0 spiro atoms. The average molecular weight is 839 g/mol. The summed E-state index contributed by atoms with van der Waals surface area (Å²) in [5.74, 6) is -0.209. The molecule has 0 saturated carbocycles. The van der Waals surface area contributed by atoms with Gasteiger partial charge in [0.25, 0.3) is 7.82 Å². The van der Waals surface area contributed by atoms with Crippen LogP contribution < -0.4 is 10.2 Å². The summed E-state index contributed by atoms with van der Waals surface area (Å²) in [6.45, 7) is 4.63. The second-order valence-electron chi connectivity index (χ2n) is 17.8. The molecule has 0 bridgehead atoms. The van der Waals surface area contributed by atoms with Crippen molar-refractivity contribution in [2.45, 2.75) is 231 Å². The summed E-state index contributed by atoms with van der Waals surface area (Å²) in [5, 5.41) is 13.8. The van der Waals surface area contributed by atoms with Gasteiger partial charge in [-0.25, -0.2) is 0 Å². The second kappa shape index (κ2) is 41.1. The Morgan fingerprint density at radius 1 is 0.586 bits per heavy atom. The van der Waals surface area contributed by atoms with Gasteiger partial charge in [0.1, 0.15) is 13.2 Å². The average Bonchev–Trinajstić information content (AvgIpc) is 3.17. The Morgan fingerprint density at radius 2 is 0.966 bits per heavy atom. The summed E-state index contributed by atoms with van der Waals surface area (Å²) < 4.78 is 23.2. The van der Waals surface area contributed by atoms with Gasteiger partial charge in [-0.2, -0.15) is 0 Å². The van der Waals surface area contributed by atoms with E-state index in [1.54, 1.807) is 6.08 Å². The molecule has 58 heavy (non-hydrogen) atoms. The topological polar surface area (TPSA) is 108 Å². The first kappa shape index (κ1) is 56.7. The molecule has 0 saturated heterocycles. The quantitative estimate of drug-likeness (QED) is 0.0274. The first-order chi connectivity index (χ1) is 28.0. The van der Waals surface area contributed by atoms with Crippen LogP contribution in [0, 0.1) is 0 Å². The van der Waals surface area contributed by atoms with Crippen molar-refractivity contribution in [3.8, 4) is 0 Å². The van der Waals surface area contributed by atoms with Crippen molar-refractivity contribution in [2.75, 3.05) is 40.9 Å². The summed E-state index contributed by atoms with van der Waals surface area (Å²) >= 11 is 0. The van der Waals surface area contributed by atoms with Gasteiger partial charge in [-0.3, -0.25) is 9.36 Å². The number of rotatable bonds is 44. The zero-order valence-electron chi connectivity index (χ0n) is 38.8. The molecule has 0 fully saturated rings. The van der Waals surface area contributed by atoms with E-state index in [-0.39, 0.29) is 12.5 Å². The molecule has 3 atom stereocenters. The van der Waals surface area contributed by atoms with Gasteiger partial charge in [0.15, 0.2) is 0 Å². The molecule has 0 aromatic heterocycles. The second-order valence-corrected chi connectivity index (χ2v) is 19.2. The molecule has 2 N–H and O–H groups in total. The number of hydrogen-bond donors (Lipinski definition) is 2. The van der Waals surface area contributed by atoms with Crippen molar-refractivity contribution in [2.24, 2.45) is 0 Å². The van der Waals surface area contributed by atoms with Gasteiger partial charge in [0.05, 0.1) is 39.9 Å². The van der Waals surface area contributed by atoms with E-state index in [1.807, 2.05) is 27.2 Å². The number of aliphatic hydroxyl groups is 1. The number of phosphoric acid groups is 1. The minimum Gasteiger partial charge on any atom is -0.756 e. The van der Waals surface area contributed by atoms with E-state index in [9.17, 15) is 19.4 Å². The van der Waals surface area contributed by atoms with Crippen LogP contribution in [0.2, 0.25) is 0 Å². The molecule has 0 aromatic rings. The maximum atomic E-state index is 12.9. The van der Waals surface area contributed by atoms with E-state index in [1.165, 1.54) is 154 Å². The molecule has 1 amide bonds. The lowest BCUT2D eigenvalue weighted by Gasteiger charge is -2.29. The molecule has 8 nitrogen and oxygen atoms in total. The fourth-order valence-corrected chi connectivity index (χ4v) is 7.67. The van der Waals surface area contributed by atoms with Gasteiger partial charge in [0.2, 0.25) is 5.91 Å². The van der Waals surface area contributed by atoms with Crippen LogP contribution in [0.4, 0.5) is 0 Å². The van der Waals surface area contributed by atoms with Crippen LogP contribution in [-0.4, -0.2) is 68.5 Å². The third kappa shape index (κ3) is 42.8. The van der Waals surface area contributed by atoms with Gasteiger partial charge in [-0.15, -0.1) is 0 Å². The van der Waals surface area contributed by atoms with Crippen molar-refractivity contribution < 1.29 is 32.9 Å². The number of carbonyl (C=O) groups excluding carboxylic acids is 1. The van der Waals surface area contributed by atoms with Crippen molar-refractivity contribution >= 4 is 13.7 Å². The van der Waals surface area contributed by atoms with Crippen LogP contribution in [0.25, 0.3) is 0 Å². The van der Waals surface area contributed by atoms with E-state index >= 15 is 0 Å². The van der Waals surface area contributed by atoms with Crippen molar-refractivity contribution in [3.63, 3.8) is 0 Å². The number of phosphoric ester groups is 1. The molecule has 3 unspecified atom stereocenters. The van der Waals surface area contributed by atoms with Crippen molar-refractivity contribution in [3.05, 3.63) is 36.5 Å². The SMILES string of the molecule is CCCCCCCCCC/C=C/CC/C=C/CC/C=C/C(O)C(COP(=O)([O-])OCC[N+](C)(C)C)NC(=O)CCCCCCCCCCCCCCCCCCCC. The van der Waals surface area contributed by atoms with Crippen LogP contribution in [0.1, 0.15) is 219 Å². The highest BCUT2D eigenvalue weighted by Gasteiger charge is 2.23. The standard InChI is InChI=1S/C49H95N2O6P/c1-6-8-10-12-14-16-18-20-22-24-26-28-30-32-34-36-38-40-42-48(52)47(46-57-58(54,55)56-45-44-51(3,4)5)50-49(53)43-41-39-37-35-33-31-29-27-25-23-21-19-17-15-13-11-9-7-2/h24,26,32,34,40,42,47-48,52H,6-23,25,27-31,33,35-39,41,43-46H2,1-5H3,(H-,50,53,54,55)/b26-24+,34-32+,42-40+. The highest BCUT2D eigenvalue weighted by atomic mass is 31.2. The molecule has 0 radical (unpaired) electrons. The lowest BCUT2D eigenvalue weighted by Crippen LogP contribution is -2.45. The van der Waals surface area contributed by atoms with Crippen molar-refractivity contribution in [1.29, 1.82) is 0 Å². The third-order valence-electron chi connectivity index (χ3n) is 10.8. The maximum absolute atomic E-state index is 12.9. The lowest BCUT2D eigenvalue weighted by atomic mass is 10.0. The zero-order chi connectivity index (χ0) is 42.8. The van der Waals surface area contributed by atoms with E-state index in [2.05, 4.69) is 43.5 Å². The van der Waals surface area contributed by atoms with Gasteiger partial charge in [-0.1, -0.05) is 204 Å². The van der Waals surface area contributed by atoms with Crippen molar-refractivity contribution in [1.82, 2.24) is 5.32 Å². The lowest BCUT2D eigenvalue weighted by molar-refractivity contribution is -0.870. The number of hydrogen-bond acceptors (Lipinski definition) is 6. The number of quaternary nitrogens is 1. The smallest absolute Gasteiger partial charge is 0.268 e. The summed E-state index contributed by atoms with van der Waals surface area (Å²) in [6.07, 6.45) is 50.5. The first-order valence-electron chi connectivity index (χ1n) is 24.4. The van der Waals surface area contributed by atoms with Gasteiger partial charge < -0.3 is 28.8 Å². The van der Waals surface area contributed by atoms with Gasteiger partial charge >= 0.3 is 0 Å². The highest BCUT2D eigenvalue weighted by Crippen LogP contribution is 2.38. The number of allylic oxidation sites excluding steroid dienone is 5. The third-order valence-corrected chi connectivity index (χ3v) is 11.8. The van der Waals surface area contributed by atoms with Crippen LogP contribution in [0.15, 0.2) is 36.5 Å². The van der Waals surface area contributed by atoms with E-state index in [4.69, 9.17) is 9.05 Å². The number of aliphatic hydroxyl groups excluding tert-OH is 1. The Hall–Kier alpha value is -1.28.